The van der Waals surface area contributed by atoms with Crippen LogP contribution >= 0.6 is 0 Å². The minimum Gasteiger partial charge on any atom is -0.494 e. The molecule has 2 aromatic rings. The monoisotopic (exact) mass is 273 g/mol. The van der Waals surface area contributed by atoms with Gasteiger partial charge in [-0.2, -0.15) is 0 Å². The van der Waals surface area contributed by atoms with Crippen molar-refractivity contribution in [3.05, 3.63) is 65.0 Å². The summed E-state index contributed by atoms with van der Waals surface area (Å²) in [6.07, 6.45) is 0.958. The van der Waals surface area contributed by atoms with Gasteiger partial charge < -0.3 is 10.5 Å². The van der Waals surface area contributed by atoms with Gasteiger partial charge in [-0.3, -0.25) is 0 Å². The molecule has 0 spiro atoms. The molecule has 0 amide bonds. The molecule has 2 rings (SSSR count). The summed E-state index contributed by atoms with van der Waals surface area (Å²) in [5.74, 6) is 0.535. The van der Waals surface area contributed by atoms with Gasteiger partial charge in [0.25, 0.3) is 0 Å². The van der Waals surface area contributed by atoms with Gasteiger partial charge in [-0.15, -0.1) is 0 Å². The largest absolute Gasteiger partial charge is 0.494 e. The van der Waals surface area contributed by atoms with Crippen molar-refractivity contribution in [1.29, 1.82) is 0 Å². The van der Waals surface area contributed by atoms with E-state index in [2.05, 4.69) is 6.92 Å². The zero-order valence-electron chi connectivity index (χ0n) is 11.9. The van der Waals surface area contributed by atoms with Crippen molar-refractivity contribution in [3.63, 3.8) is 0 Å². The third kappa shape index (κ3) is 3.36. The Bertz CT molecular complexity index is 583. The average Bonchev–Trinajstić information content (AvgIpc) is 2.47. The second-order valence-electron chi connectivity index (χ2n) is 4.90. The fraction of sp³-hybridized carbons (Fsp3) is 0.294. The van der Waals surface area contributed by atoms with Crippen molar-refractivity contribution in [2.24, 2.45) is 5.73 Å². The van der Waals surface area contributed by atoms with E-state index in [0.29, 0.717) is 6.61 Å². The number of rotatable bonds is 5. The summed E-state index contributed by atoms with van der Waals surface area (Å²) in [4.78, 5) is 0. The van der Waals surface area contributed by atoms with Crippen molar-refractivity contribution >= 4 is 0 Å². The third-order valence-electron chi connectivity index (χ3n) is 3.27. The standard InChI is InChI=1S/C17H20FNO/c1-3-9-20-15-6-4-5-13(10-15)17(19)16-11-14(18)8-7-12(16)2/h4-8,10-11,17H,3,9,19H2,1-2H3. The van der Waals surface area contributed by atoms with E-state index in [9.17, 15) is 4.39 Å². The molecule has 0 aliphatic carbocycles. The summed E-state index contributed by atoms with van der Waals surface area (Å²) < 4.78 is 19.0. The summed E-state index contributed by atoms with van der Waals surface area (Å²) in [5, 5.41) is 0. The highest BCUT2D eigenvalue weighted by Crippen LogP contribution is 2.26. The number of hydrogen-bond acceptors (Lipinski definition) is 2. The van der Waals surface area contributed by atoms with E-state index >= 15 is 0 Å². The quantitative estimate of drug-likeness (QED) is 0.894. The SMILES string of the molecule is CCCOc1cccc(C(N)c2cc(F)ccc2C)c1. The predicted molar refractivity (Wildman–Crippen MR) is 79.4 cm³/mol. The van der Waals surface area contributed by atoms with Gasteiger partial charge in [-0.25, -0.2) is 4.39 Å². The highest BCUT2D eigenvalue weighted by atomic mass is 19.1. The summed E-state index contributed by atoms with van der Waals surface area (Å²) in [6, 6.07) is 12.0. The first-order valence-corrected chi connectivity index (χ1v) is 6.86. The van der Waals surface area contributed by atoms with Gasteiger partial charge in [0.2, 0.25) is 0 Å². The third-order valence-corrected chi connectivity index (χ3v) is 3.27. The van der Waals surface area contributed by atoms with Crippen LogP contribution in [0.15, 0.2) is 42.5 Å². The number of hydrogen-bond donors (Lipinski definition) is 1. The maximum atomic E-state index is 13.4. The molecular weight excluding hydrogens is 253 g/mol. The number of nitrogens with two attached hydrogens (primary N) is 1. The van der Waals surface area contributed by atoms with E-state index in [4.69, 9.17) is 10.5 Å². The van der Waals surface area contributed by atoms with Crippen molar-refractivity contribution in [1.82, 2.24) is 0 Å². The lowest BCUT2D eigenvalue weighted by atomic mass is 9.95. The Morgan fingerprint density at radius 2 is 2.00 bits per heavy atom. The van der Waals surface area contributed by atoms with Crippen LogP contribution in [0.3, 0.4) is 0 Å². The molecule has 0 aliphatic rings. The topological polar surface area (TPSA) is 35.2 Å². The molecule has 0 saturated heterocycles. The van der Waals surface area contributed by atoms with Crippen LogP contribution in [-0.4, -0.2) is 6.61 Å². The van der Waals surface area contributed by atoms with Gasteiger partial charge in [-0.1, -0.05) is 25.1 Å². The van der Waals surface area contributed by atoms with Crippen LogP contribution in [-0.2, 0) is 0 Å². The highest BCUT2D eigenvalue weighted by Gasteiger charge is 2.13. The van der Waals surface area contributed by atoms with Crippen LogP contribution in [0.5, 0.6) is 5.75 Å². The molecular formula is C17H20FNO. The van der Waals surface area contributed by atoms with Crippen LogP contribution in [0.1, 0.15) is 36.1 Å². The van der Waals surface area contributed by atoms with Crippen LogP contribution in [0.2, 0.25) is 0 Å². The Hall–Kier alpha value is -1.87. The first-order chi connectivity index (χ1) is 9.61. The van der Waals surface area contributed by atoms with E-state index < -0.39 is 0 Å². The molecule has 0 bridgehead atoms. The van der Waals surface area contributed by atoms with Gasteiger partial charge in [0.1, 0.15) is 11.6 Å². The molecule has 0 saturated carbocycles. The molecule has 3 heteroatoms. The molecule has 0 fully saturated rings. The molecule has 0 aromatic heterocycles. The van der Waals surface area contributed by atoms with E-state index in [0.717, 1.165) is 28.9 Å². The zero-order valence-corrected chi connectivity index (χ0v) is 11.9. The first kappa shape index (κ1) is 14.5. The first-order valence-electron chi connectivity index (χ1n) is 6.86. The van der Waals surface area contributed by atoms with Crippen molar-refractivity contribution < 1.29 is 9.13 Å². The van der Waals surface area contributed by atoms with E-state index in [-0.39, 0.29) is 11.9 Å². The molecule has 20 heavy (non-hydrogen) atoms. The van der Waals surface area contributed by atoms with Crippen molar-refractivity contribution in [2.75, 3.05) is 6.61 Å². The van der Waals surface area contributed by atoms with Gasteiger partial charge in [-0.05, 0) is 54.3 Å². The Balaban J connectivity index is 2.28. The average molecular weight is 273 g/mol. The molecule has 2 N–H and O–H groups in total. The Kier molecular flexibility index (Phi) is 4.74. The normalized spacial score (nSPS) is 12.2. The second kappa shape index (κ2) is 6.53. The second-order valence-corrected chi connectivity index (χ2v) is 4.90. The van der Waals surface area contributed by atoms with Gasteiger partial charge in [0, 0.05) is 0 Å². The molecule has 2 aromatic carbocycles. The van der Waals surface area contributed by atoms with Crippen LogP contribution in [0, 0.1) is 12.7 Å². The molecule has 2 nitrogen and oxygen atoms in total. The highest BCUT2D eigenvalue weighted by molar-refractivity contribution is 5.39. The lowest BCUT2D eigenvalue weighted by molar-refractivity contribution is 0.317. The number of aryl methyl sites for hydroxylation is 1. The molecule has 0 aliphatic heterocycles. The smallest absolute Gasteiger partial charge is 0.123 e. The summed E-state index contributed by atoms with van der Waals surface area (Å²) >= 11 is 0. The fourth-order valence-corrected chi connectivity index (χ4v) is 2.14. The Morgan fingerprint density at radius 3 is 2.75 bits per heavy atom. The summed E-state index contributed by atoms with van der Waals surface area (Å²) in [7, 11) is 0. The van der Waals surface area contributed by atoms with Gasteiger partial charge in [0.05, 0.1) is 12.6 Å². The lowest BCUT2D eigenvalue weighted by Crippen LogP contribution is -2.13. The predicted octanol–water partition coefficient (Wildman–Crippen LogP) is 3.97. The van der Waals surface area contributed by atoms with E-state index in [1.807, 2.05) is 31.2 Å². The number of halogens is 1. The molecule has 1 atom stereocenters. The Labute approximate surface area is 119 Å². The summed E-state index contributed by atoms with van der Waals surface area (Å²) in [6.45, 7) is 4.68. The maximum Gasteiger partial charge on any atom is 0.123 e. The number of ether oxygens (including phenoxy) is 1. The minimum atomic E-state index is -0.351. The molecule has 0 radical (unpaired) electrons. The van der Waals surface area contributed by atoms with E-state index in [1.54, 1.807) is 6.07 Å². The lowest BCUT2D eigenvalue weighted by Gasteiger charge is -2.16. The van der Waals surface area contributed by atoms with Gasteiger partial charge in [0.15, 0.2) is 0 Å². The van der Waals surface area contributed by atoms with Crippen molar-refractivity contribution in [2.45, 2.75) is 26.3 Å². The van der Waals surface area contributed by atoms with Crippen molar-refractivity contribution in [3.8, 4) is 5.75 Å². The maximum absolute atomic E-state index is 13.4. The zero-order chi connectivity index (χ0) is 14.5. The fourth-order valence-electron chi connectivity index (χ4n) is 2.14. The van der Waals surface area contributed by atoms with Crippen LogP contribution in [0.25, 0.3) is 0 Å². The van der Waals surface area contributed by atoms with Crippen LogP contribution in [0.4, 0.5) is 4.39 Å². The molecule has 1 unspecified atom stereocenters. The minimum absolute atomic E-state index is 0.264. The molecule has 0 heterocycles. The van der Waals surface area contributed by atoms with E-state index in [1.165, 1.54) is 12.1 Å². The molecule has 106 valence electrons. The summed E-state index contributed by atoms with van der Waals surface area (Å²) in [5.41, 5.74) is 8.97. The van der Waals surface area contributed by atoms with Crippen LogP contribution < -0.4 is 10.5 Å². The Morgan fingerprint density at radius 1 is 1.20 bits per heavy atom. The number of benzene rings is 2. The van der Waals surface area contributed by atoms with Gasteiger partial charge >= 0.3 is 0 Å².